The van der Waals surface area contributed by atoms with E-state index in [0.29, 0.717) is 27.7 Å². The molecule has 3 nitrogen and oxygen atoms in total. The molecule has 0 atom stereocenters. The average molecular weight is 384 g/mol. The van der Waals surface area contributed by atoms with Gasteiger partial charge in [0.1, 0.15) is 0 Å². The van der Waals surface area contributed by atoms with E-state index in [2.05, 4.69) is 0 Å². The molecule has 26 heavy (non-hydrogen) atoms. The first-order chi connectivity index (χ1) is 12.6. The van der Waals surface area contributed by atoms with Crippen LogP contribution in [0.4, 0.5) is 11.4 Å². The van der Waals surface area contributed by atoms with E-state index in [9.17, 15) is 9.59 Å². The molecule has 0 aliphatic rings. The molecule has 0 radical (unpaired) electrons. The van der Waals surface area contributed by atoms with Crippen LogP contribution in [0.2, 0.25) is 10.0 Å². The molecule has 0 unspecified atom stereocenters. The molecule has 0 fully saturated rings. The van der Waals surface area contributed by atoms with Gasteiger partial charge in [-0.05, 0) is 42.0 Å². The van der Waals surface area contributed by atoms with E-state index in [0.717, 1.165) is 29.5 Å². The summed E-state index contributed by atoms with van der Waals surface area (Å²) in [7, 11) is 0. The molecule has 5 heteroatoms. The number of benzene rings is 3. The number of nitrogens with zero attached hydrogens (tertiary/aromatic N) is 1. The van der Waals surface area contributed by atoms with Gasteiger partial charge in [0.25, 0.3) is 0 Å². The lowest BCUT2D eigenvalue weighted by Gasteiger charge is -2.26. The highest BCUT2D eigenvalue weighted by molar-refractivity contribution is 6.33. The van der Waals surface area contributed by atoms with Crippen molar-refractivity contribution in [2.75, 3.05) is 4.90 Å². The standard InChI is InChI=1S/C21H15Cl2NO2/c22-20-10-18(8-6-16(20)13-25)24(12-15-4-2-1-3-5-15)19-9-7-17(14-26)21(23)11-19/h1-11,13-14H,12H2. The highest BCUT2D eigenvalue weighted by Crippen LogP contribution is 2.33. The maximum absolute atomic E-state index is 11.0. The van der Waals surface area contributed by atoms with Crippen molar-refractivity contribution in [1.29, 1.82) is 0 Å². The number of hydrogen-bond donors (Lipinski definition) is 0. The highest BCUT2D eigenvalue weighted by atomic mass is 35.5. The van der Waals surface area contributed by atoms with Gasteiger partial charge in [0.15, 0.2) is 12.6 Å². The van der Waals surface area contributed by atoms with Gasteiger partial charge < -0.3 is 4.90 Å². The Hall–Kier alpha value is -2.62. The molecule has 0 saturated heterocycles. The van der Waals surface area contributed by atoms with Crippen LogP contribution in [0.15, 0.2) is 66.7 Å². The van der Waals surface area contributed by atoms with Gasteiger partial charge in [-0.25, -0.2) is 0 Å². The smallest absolute Gasteiger partial charge is 0.151 e. The van der Waals surface area contributed by atoms with Gasteiger partial charge >= 0.3 is 0 Å². The van der Waals surface area contributed by atoms with E-state index in [1.165, 1.54) is 0 Å². The summed E-state index contributed by atoms with van der Waals surface area (Å²) in [6.07, 6.45) is 1.45. The normalized spacial score (nSPS) is 10.4. The van der Waals surface area contributed by atoms with Gasteiger partial charge in [0.05, 0.1) is 10.0 Å². The Morgan fingerprint density at radius 2 is 1.23 bits per heavy atom. The lowest BCUT2D eigenvalue weighted by Crippen LogP contribution is -2.16. The maximum atomic E-state index is 11.0. The first-order valence-electron chi connectivity index (χ1n) is 7.93. The molecule has 3 aromatic carbocycles. The van der Waals surface area contributed by atoms with Crippen molar-refractivity contribution in [3.8, 4) is 0 Å². The van der Waals surface area contributed by atoms with Crippen LogP contribution in [0.5, 0.6) is 0 Å². The lowest BCUT2D eigenvalue weighted by molar-refractivity contribution is 0.111. The zero-order valence-electron chi connectivity index (χ0n) is 13.7. The minimum absolute atomic E-state index is 0.381. The van der Waals surface area contributed by atoms with Gasteiger partial charge in [-0.2, -0.15) is 0 Å². The average Bonchev–Trinajstić information content (AvgIpc) is 2.67. The number of anilines is 2. The van der Waals surface area contributed by atoms with E-state index in [1.807, 2.05) is 47.4 Å². The van der Waals surface area contributed by atoms with Crippen LogP contribution in [0.25, 0.3) is 0 Å². The molecule has 0 N–H and O–H groups in total. The van der Waals surface area contributed by atoms with Crippen molar-refractivity contribution in [3.63, 3.8) is 0 Å². The zero-order valence-corrected chi connectivity index (χ0v) is 15.2. The predicted octanol–water partition coefficient (Wildman–Crippen LogP) is 5.96. The van der Waals surface area contributed by atoms with Crippen LogP contribution in [0.3, 0.4) is 0 Å². The second-order valence-electron chi connectivity index (χ2n) is 5.72. The fraction of sp³-hybridized carbons (Fsp3) is 0.0476. The quantitative estimate of drug-likeness (QED) is 0.493. The zero-order chi connectivity index (χ0) is 18.5. The van der Waals surface area contributed by atoms with Gasteiger partial charge in [0, 0.05) is 29.0 Å². The molecule has 3 rings (SSSR count). The molecule has 0 aliphatic heterocycles. The molecule has 0 heterocycles. The third-order valence-electron chi connectivity index (χ3n) is 4.03. The largest absolute Gasteiger partial charge is 0.337 e. The van der Waals surface area contributed by atoms with Crippen LogP contribution in [-0.4, -0.2) is 12.6 Å². The second kappa shape index (κ2) is 8.17. The maximum Gasteiger partial charge on any atom is 0.151 e. The van der Waals surface area contributed by atoms with E-state index in [-0.39, 0.29) is 0 Å². The van der Waals surface area contributed by atoms with E-state index < -0.39 is 0 Å². The summed E-state index contributed by atoms with van der Waals surface area (Å²) >= 11 is 12.4. The molecule has 130 valence electrons. The number of aldehydes is 2. The van der Waals surface area contributed by atoms with Crippen molar-refractivity contribution >= 4 is 47.1 Å². The van der Waals surface area contributed by atoms with Crippen molar-refractivity contribution in [2.45, 2.75) is 6.54 Å². The minimum atomic E-state index is 0.381. The van der Waals surface area contributed by atoms with Crippen LogP contribution >= 0.6 is 23.2 Å². The van der Waals surface area contributed by atoms with E-state index >= 15 is 0 Å². The molecule has 3 aromatic rings. The number of halogens is 2. The second-order valence-corrected chi connectivity index (χ2v) is 6.53. The van der Waals surface area contributed by atoms with Crippen LogP contribution in [0, 0.1) is 0 Å². The van der Waals surface area contributed by atoms with Crippen molar-refractivity contribution < 1.29 is 9.59 Å². The molecule has 0 aliphatic carbocycles. The van der Waals surface area contributed by atoms with Crippen molar-refractivity contribution in [2.24, 2.45) is 0 Å². The molecule has 0 aromatic heterocycles. The molecular weight excluding hydrogens is 369 g/mol. The summed E-state index contributed by atoms with van der Waals surface area (Å²) in [5.74, 6) is 0. The number of carbonyl (C=O) groups is 2. The van der Waals surface area contributed by atoms with Crippen LogP contribution < -0.4 is 4.90 Å². The summed E-state index contributed by atoms with van der Waals surface area (Å²) in [6, 6.07) is 20.5. The Balaban J connectivity index is 2.07. The Kier molecular flexibility index (Phi) is 5.71. The fourth-order valence-electron chi connectivity index (χ4n) is 2.66. The van der Waals surface area contributed by atoms with E-state index in [4.69, 9.17) is 23.2 Å². The Morgan fingerprint density at radius 1 is 0.731 bits per heavy atom. The molecule has 0 saturated carbocycles. The van der Waals surface area contributed by atoms with Gasteiger partial charge in [-0.3, -0.25) is 9.59 Å². The SMILES string of the molecule is O=Cc1ccc(N(Cc2ccccc2)c2ccc(C=O)c(Cl)c2)cc1Cl. The molecular formula is C21H15Cl2NO2. The first-order valence-corrected chi connectivity index (χ1v) is 8.69. The predicted molar refractivity (Wildman–Crippen MR) is 106 cm³/mol. The molecule has 0 amide bonds. The third-order valence-corrected chi connectivity index (χ3v) is 4.68. The fourth-order valence-corrected chi connectivity index (χ4v) is 3.10. The Bertz CT molecular complexity index is 884. The monoisotopic (exact) mass is 383 g/mol. The first kappa shape index (κ1) is 18.2. The third kappa shape index (κ3) is 3.96. The van der Waals surface area contributed by atoms with Crippen LogP contribution in [0.1, 0.15) is 26.3 Å². The lowest BCUT2D eigenvalue weighted by atomic mass is 10.1. The summed E-state index contributed by atoms with van der Waals surface area (Å²) < 4.78 is 0. The summed E-state index contributed by atoms with van der Waals surface area (Å²) in [5.41, 5.74) is 3.60. The Labute approximate surface area is 161 Å². The summed E-state index contributed by atoms with van der Waals surface area (Å²) in [5, 5.41) is 0.761. The van der Waals surface area contributed by atoms with Crippen LogP contribution in [-0.2, 0) is 6.54 Å². The number of carbonyl (C=O) groups excluding carboxylic acids is 2. The highest BCUT2D eigenvalue weighted by Gasteiger charge is 2.14. The van der Waals surface area contributed by atoms with Gasteiger partial charge in [-0.15, -0.1) is 0 Å². The topological polar surface area (TPSA) is 37.4 Å². The Morgan fingerprint density at radius 3 is 1.65 bits per heavy atom. The minimum Gasteiger partial charge on any atom is -0.337 e. The molecule has 0 bridgehead atoms. The number of hydrogen-bond acceptors (Lipinski definition) is 3. The summed E-state index contributed by atoms with van der Waals surface area (Å²) in [4.78, 5) is 24.1. The van der Waals surface area contributed by atoms with Gasteiger partial charge in [-0.1, -0.05) is 53.5 Å². The van der Waals surface area contributed by atoms with Gasteiger partial charge in [0.2, 0.25) is 0 Å². The number of rotatable bonds is 6. The summed E-state index contributed by atoms with van der Waals surface area (Å²) in [6.45, 7) is 0.578. The van der Waals surface area contributed by atoms with Crippen molar-refractivity contribution in [3.05, 3.63) is 93.5 Å². The van der Waals surface area contributed by atoms with E-state index in [1.54, 1.807) is 24.3 Å². The van der Waals surface area contributed by atoms with Crippen molar-refractivity contribution in [1.82, 2.24) is 0 Å². The molecule has 0 spiro atoms.